The minimum absolute atomic E-state index is 0.0268. The molecule has 0 aromatic heterocycles. The fourth-order valence-corrected chi connectivity index (χ4v) is 10.2. The van der Waals surface area contributed by atoms with Crippen molar-refractivity contribution < 1.29 is 88.2 Å². The van der Waals surface area contributed by atoms with Crippen molar-refractivity contribution >= 4 is 114 Å². The van der Waals surface area contributed by atoms with Crippen molar-refractivity contribution in [3.8, 4) is 0 Å². The van der Waals surface area contributed by atoms with Crippen LogP contribution in [0.15, 0.2) is 48.5 Å². The van der Waals surface area contributed by atoms with Gasteiger partial charge in [-0.1, -0.05) is 24.3 Å². The average molecular weight is 993 g/mol. The number of aliphatic carboxylic acids is 6. The van der Waals surface area contributed by atoms with Crippen LogP contribution < -0.4 is 10.6 Å². The van der Waals surface area contributed by atoms with Gasteiger partial charge in [-0.25, -0.2) is 0 Å². The van der Waals surface area contributed by atoms with E-state index in [4.69, 9.17) is 0 Å². The molecule has 0 spiro atoms. The maximum atomic E-state index is 14.4. The first kappa shape index (κ1) is 51.3. The molecule has 2 heterocycles. The summed E-state index contributed by atoms with van der Waals surface area (Å²) in [7, 11) is 0. The van der Waals surface area contributed by atoms with Gasteiger partial charge in [-0.05, 0) is 109 Å². The van der Waals surface area contributed by atoms with Gasteiger partial charge >= 0.3 is 35.8 Å². The van der Waals surface area contributed by atoms with E-state index in [2.05, 4.69) is 10.6 Å². The van der Waals surface area contributed by atoms with E-state index in [9.17, 15) is 88.2 Å². The van der Waals surface area contributed by atoms with E-state index >= 15 is 0 Å². The van der Waals surface area contributed by atoms with E-state index < -0.39 is 133 Å². The number of nitrogens with zero attached hydrogens (tertiary/aromatic N) is 2. The van der Waals surface area contributed by atoms with Crippen LogP contribution in [0.3, 0.4) is 0 Å². The highest BCUT2D eigenvalue weighted by Crippen LogP contribution is 2.47. The summed E-state index contributed by atoms with van der Waals surface area (Å²) >= 11 is 0. The summed E-state index contributed by atoms with van der Waals surface area (Å²) < 4.78 is 0. The number of nitrogens with one attached hydrogen (secondary N) is 2. The minimum Gasteiger partial charge on any atom is -0.481 e. The molecule has 72 heavy (non-hydrogen) atoms. The number of hydrogen-bond acceptors (Lipinski definition) is 12. The Labute approximate surface area is 406 Å². The Kier molecular flexibility index (Phi) is 14.0. The Morgan fingerprint density at radius 3 is 0.792 bits per heavy atom. The highest BCUT2D eigenvalue weighted by atomic mass is 16.4. The van der Waals surface area contributed by atoms with Gasteiger partial charge in [-0.15, -0.1) is 0 Å². The molecule has 22 heteroatoms. The molecule has 0 fully saturated rings. The molecule has 7 rings (SSSR count). The summed E-state index contributed by atoms with van der Waals surface area (Å²) in [5.74, 6) is -13.2. The Morgan fingerprint density at radius 1 is 0.389 bits per heavy atom. The topological polar surface area (TPSA) is 357 Å². The number of carbonyl (C=O) groups is 12. The third-order valence-electron chi connectivity index (χ3n) is 13.9. The van der Waals surface area contributed by atoms with Gasteiger partial charge in [0.2, 0.25) is 11.8 Å². The molecule has 376 valence electrons. The van der Waals surface area contributed by atoms with Gasteiger partial charge in [0, 0.05) is 82.6 Å². The lowest BCUT2D eigenvalue weighted by Gasteiger charge is -2.38. The predicted molar refractivity (Wildman–Crippen MR) is 251 cm³/mol. The molecule has 22 nitrogen and oxygen atoms in total. The number of carboxylic acid groups (broad SMARTS) is 6. The number of carboxylic acids is 6. The summed E-state index contributed by atoms with van der Waals surface area (Å²) in [4.78, 5) is 157. The number of benzene rings is 5. The monoisotopic (exact) mass is 992 g/mol. The lowest BCUT2D eigenvalue weighted by Crippen LogP contribution is -2.58. The van der Waals surface area contributed by atoms with Crippen molar-refractivity contribution in [2.45, 2.75) is 114 Å². The zero-order chi connectivity index (χ0) is 52.7. The van der Waals surface area contributed by atoms with Crippen LogP contribution in [0, 0.1) is 0 Å². The van der Waals surface area contributed by atoms with E-state index in [1.165, 1.54) is 38.1 Å². The lowest BCUT2D eigenvalue weighted by molar-refractivity contribution is -0.141. The van der Waals surface area contributed by atoms with Crippen molar-refractivity contribution in [1.82, 2.24) is 20.4 Å². The molecule has 6 amide bonds. The van der Waals surface area contributed by atoms with Gasteiger partial charge in [-0.3, -0.25) is 67.3 Å². The summed E-state index contributed by atoms with van der Waals surface area (Å²) in [5, 5.41) is 65.4. The first-order valence-electron chi connectivity index (χ1n) is 22.8. The van der Waals surface area contributed by atoms with Crippen LogP contribution in [0.5, 0.6) is 0 Å². The van der Waals surface area contributed by atoms with Crippen LogP contribution in [0.25, 0.3) is 43.1 Å². The van der Waals surface area contributed by atoms with Crippen molar-refractivity contribution in [1.29, 1.82) is 0 Å². The van der Waals surface area contributed by atoms with E-state index in [0.29, 0.717) is 32.3 Å². The maximum absolute atomic E-state index is 14.4. The van der Waals surface area contributed by atoms with Gasteiger partial charge in [0.05, 0.1) is 0 Å². The molecule has 0 radical (unpaired) electrons. The van der Waals surface area contributed by atoms with Gasteiger partial charge in [0.25, 0.3) is 23.6 Å². The summed E-state index contributed by atoms with van der Waals surface area (Å²) in [6.45, 7) is 2.51. The fraction of sp³-hybridized carbons (Fsp3) is 0.360. The van der Waals surface area contributed by atoms with Crippen molar-refractivity contribution in [3.05, 3.63) is 70.8 Å². The number of amides is 6. The normalized spacial score (nSPS) is 14.5. The molecule has 2 atom stereocenters. The molecule has 0 aliphatic carbocycles. The molecule has 0 unspecified atom stereocenters. The van der Waals surface area contributed by atoms with Gasteiger partial charge in [0.15, 0.2) is 0 Å². The van der Waals surface area contributed by atoms with Crippen LogP contribution in [0.4, 0.5) is 0 Å². The molecular weight excluding hydrogens is 945 g/mol. The van der Waals surface area contributed by atoms with Crippen LogP contribution >= 0.6 is 0 Å². The molecule has 5 aromatic carbocycles. The smallest absolute Gasteiger partial charge is 0.303 e. The first-order valence-corrected chi connectivity index (χ1v) is 22.8. The second kappa shape index (κ2) is 19.7. The molecule has 0 saturated heterocycles. The lowest BCUT2D eigenvalue weighted by atomic mass is 9.81. The SMILES string of the molecule is C[C@@H](C(=O)NC(CCC(=O)O)(CCC(=O)O)CCC(=O)O)N1C(=O)c2ccc3c4ccc5c6c(ccc(c7ccc(c2c37)C1=O)c64)C(=O)N([C@@H](C)C(=O)NC(CCC(=O)O)(CCC(=O)O)CCC(=O)O)C5=O. The fourth-order valence-electron chi connectivity index (χ4n) is 10.2. The molecule has 2 aliphatic heterocycles. The Balaban J connectivity index is 1.24. The van der Waals surface area contributed by atoms with Gasteiger partial charge in [-0.2, -0.15) is 0 Å². The third kappa shape index (κ3) is 9.53. The highest BCUT2D eigenvalue weighted by Gasteiger charge is 2.45. The molecular formula is C50H48N4O18. The second-order valence-electron chi connectivity index (χ2n) is 18.4. The van der Waals surface area contributed by atoms with Crippen molar-refractivity contribution in [2.75, 3.05) is 0 Å². The van der Waals surface area contributed by atoms with Crippen LogP contribution in [-0.2, 0) is 38.4 Å². The molecule has 0 bridgehead atoms. The molecule has 8 N–H and O–H groups in total. The van der Waals surface area contributed by atoms with E-state index in [-0.39, 0.29) is 71.6 Å². The van der Waals surface area contributed by atoms with Crippen LogP contribution in [0.2, 0.25) is 0 Å². The second-order valence-corrected chi connectivity index (χ2v) is 18.4. The largest absolute Gasteiger partial charge is 0.481 e. The zero-order valence-corrected chi connectivity index (χ0v) is 38.7. The van der Waals surface area contributed by atoms with Gasteiger partial charge < -0.3 is 41.3 Å². The molecule has 0 saturated carbocycles. The minimum atomic E-state index is -1.65. The Hall–Kier alpha value is -8.56. The number of carbonyl (C=O) groups excluding carboxylic acids is 6. The van der Waals surface area contributed by atoms with E-state index in [1.54, 1.807) is 24.3 Å². The van der Waals surface area contributed by atoms with E-state index in [0.717, 1.165) is 9.80 Å². The number of imide groups is 2. The Morgan fingerprint density at radius 2 is 0.597 bits per heavy atom. The number of fused-ring (bicyclic) bond motifs is 2. The number of hydrogen-bond donors (Lipinski definition) is 8. The summed E-state index contributed by atoms with van der Waals surface area (Å²) in [6, 6.07) is 9.14. The summed E-state index contributed by atoms with van der Waals surface area (Å²) in [5.41, 5.74) is -3.19. The van der Waals surface area contributed by atoms with E-state index in [1.807, 2.05) is 0 Å². The third-order valence-corrected chi connectivity index (χ3v) is 13.9. The predicted octanol–water partition coefficient (Wildman–Crippen LogP) is 4.61. The molecule has 2 aliphatic rings. The first-order chi connectivity index (χ1) is 33.9. The molecule has 5 aromatic rings. The summed E-state index contributed by atoms with van der Waals surface area (Å²) in [6.07, 6.45) is -5.46. The standard InChI is InChI=1S/C50H48N4O18/c1-23(43(67)51-49(17-11-33(55)56,18-12-34(57)58)19-13-35(59)60)53-45(69)29-7-3-25-27-5-9-31-42-32(10-6-28(40(27)42)26-4-8-30(46(53)70)41(29)39(25)26)48(72)54(47(31)71)24(2)44(68)52-50(20-14-36(61)62,21-15-37(63)64)22-16-38(65)66/h3-10,23-24H,11-22H2,1-2H3,(H,51,67)(H,52,68)(H,55,56)(H,57,58)(H,59,60)(H,61,62)(H,63,64)(H,65,66)/t23-,24-/m0/s1. The van der Waals surface area contributed by atoms with Crippen LogP contribution in [0.1, 0.15) is 132 Å². The zero-order valence-electron chi connectivity index (χ0n) is 38.7. The number of rotatable bonds is 24. The van der Waals surface area contributed by atoms with Gasteiger partial charge in [0.1, 0.15) is 12.1 Å². The quantitative estimate of drug-likeness (QED) is 0.0238. The van der Waals surface area contributed by atoms with Crippen LogP contribution in [-0.4, -0.2) is 135 Å². The van der Waals surface area contributed by atoms with Crippen molar-refractivity contribution in [3.63, 3.8) is 0 Å². The maximum Gasteiger partial charge on any atom is 0.303 e. The Bertz CT molecular complexity index is 2790. The highest BCUT2D eigenvalue weighted by molar-refractivity contribution is 6.41. The average Bonchev–Trinajstić information content (AvgIpc) is 3.32. The van der Waals surface area contributed by atoms with Crippen molar-refractivity contribution in [2.24, 2.45) is 0 Å².